The van der Waals surface area contributed by atoms with Gasteiger partial charge in [0.2, 0.25) is 0 Å². The van der Waals surface area contributed by atoms with Crippen molar-refractivity contribution in [3.8, 4) is 0 Å². The molecule has 0 saturated heterocycles. The molecule has 0 spiro atoms. The summed E-state index contributed by atoms with van der Waals surface area (Å²) < 4.78 is 37.2. The van der Waals surface area contributed by atoms with Crippen LogP contribution in [-0.4, -0.2) is 23.5 Å². The van der Waals surface area contributed by atoms with Crippen molar-refractivity contribution >= 4 is 29.2 Å². The van der Waals surface area contributed by atoms with E-state index in [9.17, 15) is 13.2 Å². The molecule has 0 fully saturated rings. The van der Waals surface area contributed by atoms with Crippen LogP contribution in [0.25, 0.3) is 0 Å². The maximum Gasteiger partial charge on any atom is 0.417 e. The van der Waals surface area contributed by atoms with Crippen molar-refractivity contribution in [1.82, 2.24) is 4.98 Å². The van der Waals surface area contributed by atoms with E-state index in [0.29, 0.717) is 12.4 Å². The molecule has 0 amide bonds. The second-order valence-electron chi connectivity index (χ2n) is 4.03. The van der Waals surface area contributed by atoms with Crippen molar-refractivity contribution in [1.29, 1.82) is 0 Å². The van der Waals surface area contributed by atoms with Crippen molar-refractivity contribution in [3.05, 3.63) is 22.8 Å². The minimum atomic E-state index is -4.41. The van der Waals surface area contributed by atoms with Gasteiger partial charge in [-0.1, -0.05) is 18.0 Å². The second kappa shape index (κ2) is 7.85. The minimum Gasteiger partial charge on any atom is -0.369 e. The summed E-state index contributed by atoms with van der Waals surface area (Å²) in [6.45, 7) is 0.659. The Kier molecular flexibility index (Phi) is 6.79. The smallest absolute Gasteiger partial charge is 0.369 e. The lowest BCUT2D eigenvalue weighted by molar-refractivity contribution is -0.137. The molecule has 0 saturated carbocycles. The Morgan fingerprint density at radius 3 is 2.63 bits per heavy atom. The van der Waals surface area contributed by atoms with E-state index in [0.717, 1.165) is 37.3 Å². The third kappa shape index (κ3) is 5.91. The fourth-order valence-electron chi connectivity index (χ4n) is 1.48. The highest BCUT2D eigenvalue weighted by Gasteiger charge is 2.31. The number of alkyl halides is 3. The van der Waals surface area contributed by atoms with E-state index in [4.69, 9.17) is 11.6 Å². The van der Waals surface area contributed by atoms with Crippen LogP contribution in [0.2, 0.25) is 5.02 Å². The molecule has 0 aliphatic carbocycles. The van der Waals surface area contributed by atoms with Gasteiger partial charge in [-0.15, -0.1) is 0 Å². The van der Waals surface area contributed by atoms with E-state index in [1.54, 1.807) is 11.8 Å². The topological polar surface area (TPSA) is 24.9 Å². The summed E-state index contributed by atoms with van der Waals surface area (Å²) in [5.74, 6) is 1.43. The average Bonchev–Trinajstić information content (AvgIpc) is 2.34. The molecule has 1 aromatic heterocycles. The predicted molar refractivity (Wildman–Crippen MR) is 75.0 cm³/mol. The zero-order chi connectivity index (χ0) is 14.3. The van der Waals surface area contributed by atoms with E-state index in [-0.39, 0.29) is 5.02 Å². The molecule has 1 aromatic rings. The highest BCUT2D eigenvalue weighted by molar-refractivity contribution is 7.98. The Morgan fingerprint density at radius 2 is 2.05 bits per heavy atom. The number of hydrogen-bond acceptors (Lipinski definition) is 3. The van der Waals surface area contributed by atoms with Crippen LogP contribution in [0.3, 0.4) is 0 Å². The Balaban J connectivity index is 2.43. The average molecular weight is 313 g/mol. The molecule has 1 N–H and O–H groups in total. The Morgan fingerprint density at radius 1 is 1.32 bits per heavy atom. The molecule has 0 bridgehead atoms. The third-order valence-corrected chi connectivity index (χ3v) is 3.47. The van der Waals surface area contributed by atoms with Crippen LogP contribution in [-0.2, 0) is 6.18 Å². The van der Waals surface area contributed by atoms with Gasteiger partial charge in [0, 0.05) is 12.7 Å². The number of aromatic nitrogens is 1. The van der Waals surface area contributed by atoms with Gasteiger partial charge in [0.1, 0.15) is 5.82 Å². The first kappa shape index (κ1) is 16.4. The summed E-state index contributed by atoms with van der Waals surface area (Å²) in [6, 6.07) is 0.893. The highest BCUT2D eigenvalue weighted by Crippen LogP contribution is 2.32. The molecule has 2 nitrogen and oxygen atoms in total. The monoisotopic (exact) mass is 312 g/mol. The van der Waals surface area contributed by atoms with Crippen molar-refractivity contribution in [2.45, 2.75) is 25.4 Å². The number of rotatable bonds is 7. The Hall–Kier alpha value is -0.620. The van der Waals surface area contributed by atoms with Gasteiger partial charge in [0.05, 0.1) is 10.6 Å². The number of nitrogens with one attached hydrogen (secondary N) is 1. The van der Waals surface area contributed by atoms with Gasteiger partial charge in [-0.05, 0) is 30.9 Å². The van der Waals surface area contributed by atoms with Gasteiger partial charge in [0.25, 0.3) is 0 Å². The maximum atomic E-state index is 12.4. The lowest BCUT2D eigenvalue weighted by Gasteiger charge is -2.10. The first-order valence-corrected chi connectivity index (χ1v) is 7.68. The molecule has 0 aromatic carbocycles. The van der Waals surface area contributed by atoms with E-state index in [1.807, 2.05) is 0 Å². The summed E-state index contributed by atoms with van der Waals surface area (Å²) in [5.41, 5.74) is -0.831. The van der Waals surface area contributed by atoms with Crippen LogP contribution in [0.5, 0.6) is 0 Å². The molecule has 0 aliphatic rings. The van der Waals surface area contributed by atoms with Crippen molar-refractivity contribution < 1.29 is 13.2 Å². The van der Waals surface area contributed by atoms with Gasteiger partial charge in [-0.25, -0.2) is 4.98 Å². The number of halogens is 4. The zero-order valence-electron chi connectivity index (χ0n) is 10.6. The summed E-state index contributed by atoms with van der Waals surface area (Å²) >= 11 is 7.57. The molecule has 1 heterocycles. The summed E-state index contributed by atoms with van der Waals surface area (Å²) in [5, 5.41) is 2.95. The number of nitrogens with zero attached hydrogens (tertiary/aromatic N) is 1. The second-order valence-corrected chi connectivity index (χ2v) is 5.43. The lowest BCUT2D eigenvalue weighted by Crippen LogP contribution is -2.08. The Labute approximate surface area is 120 Å². The molecule has 0 unspecified atom stereocenters. The van der Waals surface area contributed by atoms with Crippen LogP contribution in [0.4, 0.5) is 19.0 Å². The van der Waals surface area contributed by atoms with Crippen LogP contribution in [0, 0.1) is 0 Å². The van der Waals surface area contributed by atoms with Gasteiger partial charge in [-0.3, -0.25) is 0 Å². The number of thioether (sulfide) groups is 1. The van der Waals surface area contributed by atoms with Crippen LogP contribution >= 0.6 is 23.4 Å². The standard InChI is InChI=1S/C12H16ClF3N2S/c1-19-6-4-2-3-5-17-11-10(13)7-9(8-18-11)12(14,15)16/h7-8H,2-6H2,1H3,(H,17,18). The SMILES string of the molecule is CSCCCCCNc1ncc(C(F)(F)F)cc1Cl. The molecular formula is C12H16ClF3N2S. The van der Waals surface area contributed by atoms with Crippen molar-refractivity contribution in [3.63, 3.8) is 0 Å². The Bertz CT molecular complexity index is 399. The van der Waals surface area contributed by atoms with Crippen LogP contribution < -0.4 is 5.32 Å². The molecular weight excluding hydrogens is 297 g/mol. The van der Waals surface area contributed by atoms with Gasteiger partial charge in [0.15, 0.2) is 0 Å². The first-order chi connectivity index (χ1) is 8.95. The molecule has 1 rings (SSSR count). The van der Waals surface area contributed by atoms with E-state index in [2.05, 4.69) is 16.6 Å². The fraction of sp³-hybridized carbons (Fsp3) is 0.583. The molecule has 19 heavy (non-hydrogen) atoms. The highest BCUT2D eigenvalue weighted by atomic mass is 35.5. The molecule has 0 aliphatic heterocycles. The van der Waals surface area contributed by atoms with E-state index < -0.39 is 11.7 Å². The normalized spacial score (nSPS) is 11.6. The fourth-order valence-corrected chi connectivity index (χ4v) is 2.20. The number of pyridine rings is 1. The van der Waals surface area contributed by atoms with Crippen molar-refractivity contribution in [2.75, 3.05) is 23.9 Å². The van der Waals surface area contributed by atoms with E-state index in [1.165, 1.54) is 0 Å². The molecule has 7 heteroatoms. The molecule has 108 valence electrons. The third-order valence-electron chi connectivity index (χ3n) is 2.49. The largest absolute Gasteiger partial charge is 0.417 e. The molecule has 0 radical (unpaired) electrons. The number of hydrogen-bond donors (Lipinski definition) is 1. The van der Waals surface area contributed by atoms with Gasteiger partial charge in [-0.2, -0.15) is 24.9 Å². The number of anilines is 1. The van der Waals surface area contributed by atoms with Gasteiger partial charge >= 0.3 is 6.18 Å². The van der Waals surface area contributed by atoms with Gasteiger partial charge < -0.3 is 5.32 Å². The quantitative estimate of drug-likeness (QED) is 0.739. The minimum absolute atomic E-state index is 0.000983. The zero-order valence-corrected chi connectivity index (χ0v) is 12.1. The van der Waals surface area contributed by atoms with Crippen molar-refractivity contribution in [2.24, 2.45) is 0 Å². The summed E-state index contributed by atoms with van der Waals surface area (Å²) in [4.78, 5) is 3.71. The first-order valence-electron chi connectivity index (χ1n) is 5.90. The van der Waals surface area contributed by atoms with Crippen LogP contribution in [0.15, 0.2) is 12.3 Å². The number of unbranched alkanes of at least 4 members (excludes halogenated alkanes) is 2. The lowest BCUT2D eigenvalue weighted by atomic mass is 10.2. The maximum absolute atomic E-state index is 12.4. The summed E-state index contributed by atoms with van der Waals surface area (Å²) in [7, 11) is 0. The van der Waals surface area contributed by atoms with Crippen LogP contribution in [0.1, 0.15) is 24.8 Å². The predicted octanol–water partition coefficient (Wildman–Crippen LogP) is 4.70. The molecule has 0 atom stereocenters. The summed E-state index contributed by atoms with van der Waals surface area (Å²) in [6.07, 6.45) is 1.60. The van der Waals surface area contributed by atoms with E-state index >= 15 is 0 Å².